The van der Waals surface area contributed by atoms with Crippen LogP contribution >= 0.6 is 7.75 Å². The first-order valence-corrected chi connectivity index (χ1v) is 11.0. The Labute approximate surface area is 185 Å². The van der Waals surface area contributed by atoms with Gasteiger partial charge in [-0.05, 0) is 5.92 Å². The predicted molar refractivity (Wildman–Crippen MR) is 105 cm³/mol. The third-order valence-electron chi connectivity index (χ3n) is 4.55. The molecule has 2 rings (SSSR count). The standard InChI is InChI=1S/C16H24F2N5O9P/c1-7(2)10(12(25)20-3)22-33(28,29)30-6-8-11(24)16(17,18)13(31-8)23-5-4-9(21-15(23)27)32-14(19)26/h4-5,7-8,10-11,13,24H,6H2,1-3H3,(H2,19,26)(H,20,25)(H2,22,28,29)/t8-,10?,11-,13-/m1/s1. The maximum absolute atomic E-state index is 14.6. The molecule has 1 aliphatic rings. The third kappa shape index (κ3) is 6.31. The minimum atomic E-state index is -4.70. The Bertz CT molecular complexity index is 991. The molecule has 0 spiro atoms. The summed E-state index contributed by atoms with van der Waals surface area (Å²) in [5, 5.41) is 14.4. The SMILES string of the molecule is CNC(=O)C(NP(=O)(O)OC[C@H]1O[C@@H](n2ccc(OC(N)=O)nc2=O)C(F)(F)[C@@H]1O)C(C)C. The van der Waals surface area contributed by atoms with E-state index >= 15 is 0 Å². The molecule has 14 nitrogen and oxygen atoms in total. The zero-order valence-electron chi connectivity index (χ0n) is 17.7. The van der Waals surface area contributed by atoms with Crippen LogP contribution in [0.3, 0.4) is 0 Å². The fourth-order valence-corrected chi connectivity index (χ4v) is 4.09. The van der Waals surface area contributed by atoms with Crippen molar-refractivity contribution in [1.29, 1.82) is 0 Å². The number of hydrogen-bond donors (Lipinski definition) is 5. The molecule has 186 valence electrons. The molecule has 33 heavy (non-hydrogen) atoms. The van der Waals surface area contributed by atoms with Crippen molar-refractivity contribution in [2.45, 2.75) is 44.2 Å². The van der Waals surface area contributed by atoms with Crippen molar-refractivity contribution < 1.29 is 46.9 Å². The molecule has 2 amide bonds. The molecule has 0 saturated carbocycles. The van der Waals surface area contributed by atoms with E-state index in [0.717, 1.165) is 12.3 Å². The number of aromatic nitrogens is 2. The summed E-state index contributed by atoms with van der Waals surface area (Å²) in [6, 6.07) is -0.251. The number of carbonyl (C=O) groups is 2. The molecule has 2 unspecified atom stereocenters. The van der Waals surface area contributed by atoms with Gasteiger partial charge in [0.25, 0.3) is 0 Å². The van der Waals surface area contributed by atoms with Gasteiger partial charge in [0.15, 0.2) is 6.10 Å². The number of likely N-dealkylation sites (N-methyl/N-ethyl adjacent to an activating group) is 1. The number of halogens is 2. The van der Waals surface area contributed by atoms with Crippen LogP contribution in [-0.4, -0.2) is 69.4 Å². The highest BCUT2D eigenvalue weighted by Gasteiger charge is 2.60. The average Bonchev–Trinajstić information content (AvgIpc) is 2.93. The molecule has 1 aromatic heterocycles. The second-order valence-electron chi connectivity index (χ2n) is 7.30. The van der Waals surface area contributed by atoms with Gasteiger partial charge in [-0.15, -0.1) is 0 Å². The van der Waals surface area contributed by atoms with Crippen LogP contribution < -0.4 is 26.6 Å². The van der Waals surface area contributed by atoms with E-state index < -0.39 is 74.2 Å². The van der Waals surface area contributed by atoms with Gasteiger partial charge in [0, 0.05) is 19.3 Å². The Morgan fingerprint density at radius 2 is 2.09 bits per heavy atom. The summed E-state index contributed by atoms with van der Waals surface area (Å²) >= 11 is 0. The molecule has 17 heteroatoms. The Morgan fingerprint density at radius 1 is 1.45 bits per heavy atom. The number of aliphatic hydroxyl groups excluding tert-OH is 1. The molecule has 0 aromatic carbocycles. The molecule has 0 aliphatic carbocycles. The lowest BCUT2D eigenvalue weighted by Gasteiger charge is -2.24. The van der Waals surface area contributed by atoms with E-state index in [-0.39, 0.29) is 0 Å². The fourth-order valence-electron chi connectivity index (χ4n) is 2.90. The zero-order chi connectivity index (χ0) is 25.1. The number of alkyl halides is 2. The minimum Gasteiger partial charge on any atom is -0.391 e. The number of hydrogen-bond acceptors (Lipinski definition) is 9. The van der Waals surface area contributed by atoms with E-state index in [4.69, 9.17) is 15.0 Å². The smallest absolute Gasteiger partial charge is 0.391 e. The summed E-state index contributed by atoms with van der Waals surface area (Å²) in [4.78, 5) is 47.9. The van der Waals surface area contributed by atoms with Crippen molar-refractivity contribution in [3.63, 3.8) is 0 Å². The minimum absolute atomic E-state index is 0.328. The largest absolute Gasteiger partial charge is 0.411 e. The van der Waals surface area contributed by atoms with Crippen molar-refractivity contribution >= 4 is 19.7 Å². The molecule has 0 radical (unpaired) electrons. The van der Waals surface area contributed by atoms with E-state index in [1.807, 2.05) is 0 Å². The summed E-state index contributed by atoms with van der Waals surface area (Å²) in [5.74, 6) is -5.63. The van der Waals surface area contributed by atoms with E-state index in [0.29, 0.717) is 4.57 Å². The van der Waals surface area contributed by atoms with Gasteiger partial charge in [-0.3, -0.25) is 13.9 Å². The van der Waals surface area contributed by atoms with Crippen LogP contribution in [0.2, 0.25) is 0 Å². The molecular weight excluding hydrogens is 475 g/mol. The van der Waals surface area contributed by atoms with Crippen LogP contribution in [0.25, 0.3) is 0 Å². The molecule has 1 aromatic rings. The molecule has 5 atom stereocenters. The Balaban J connectivity index is 2.14. The number of nitrogens with two attached hydrogens (primary N) is 1. The van der Waals surface area contributed by atoms with Gasteiger partial charge in [-0.1, -0.05) is 13.8 Å². The predicted octanol–water partition coefficient (Wildman–Crippen LogP) is -0.928. The molecular formula is C16H24F2N5O9P. The number of primary amides is 1. The highest BCUT2D eigenvalue weighted by Crippen LogP contribution is 2.45. The van der Waals surface area contributed by atoms with Crippen molar-refractivity contribution in [1.82, 2.24) is 20.0 Å². The van der Waals surface area contributed by atoms with Gasteiger partial charge in [-0.2, -0.15) is 13.8 Å². The van der Waals surface area contributed by atoms with Crippen LogP contribution in [0.4, 0.5) is 13.6 Å². The number of amides is 2. The molecule has 1 fully saturated rings. The topological polar surface area (TPSA) is 204 Å². The van der Waals surface area contributed by atoms with Crippen molar-refractivity contribution in [2.75, 3.05) is 13.7 Å². The van der Waals surface area contributed by atoms with E-state index in [2.05, 4.69) is 20.1 Å². The van der Waals surface area contributed by atoms with Crippen molar-refractivity contribution in [3.8, 4) is 5.88 Å². The van der Waals surface area contributed by atoms with Gasteiger partial charge >= 0.3 is 25.5 Å². The summed E-state index contributed by atoms with van der Waals surface area (Å²) < 4.78 is 56.0. The van der Waals surface area contributed by atoms with Crippen LogP contribution in [-0.2, 0) is 18.6 Å². The van der Waals surface area contributed by atoms with Gasteiger partial charge in [0.2, 0.25) is 18.0 Å². The summed E-state index contributed by atoms with van der Waals surface area (Å²) in [5.41, 5.74) is 3.47. The lowest BCUT2D eigenvalue weighted by Crippen LogP contribution is -2.45. The van der Waals surface area contributed by atoms with Crippen LogP contribution in [0.1, 0.15) is 20.1 Å². The second-order valence-corrected chi connectivity index (χ2v) is 8.86. The number of carbonyl (C=O) groups excluding carboxylic acids is 2. The first-order chi connectivity index (χ1) is 15.2. The van der Waals surface area contributed by atoms with Gasteiger partial charge in [-0.25, -0.2) is 19.2 Å². The normalized spacial score (nSPS) is 24.8. The highest BCUT2D eigenvalue weighted by molar-refractivity contribution is 7.50. The zero-order valence-corrected chi connectivity index (χ0v) is 18.6. The number of ether oxygens (including phenoxy) is 2. The lowest BCUT2D eigenvalue weighted by atomic mass is 10.1. The molecule has 0 bridgehead atoms. The Hall–Kier alpha value is -2.49. The third-order valence-corrected chi connectivity index (χ3v) is 5.66. The van der Waals surface area contributed by atoms with Crippen molar-refractivity contribution in [3.05, 3.63) is 22.7 Å². The maximum atomic E-state index is 14.6. The molecule has 1 aliphatic heterocycles. The first-order valence-electron chi connectivity index (χ1n) is 9.44. The first kappa shape index (κ1) is 26.8. The summed E-state index contributed by atoms with van der Waals surface area (Å²) in [6.07, 6.45) is -7.23. The van der Waals surface area contributed by atoms with Crippen LogP contribution in [0, 0.1) is 5.92 Å². The summed E-state index contributed by atoms with van der Waals surface area (Å²) in [7, 11) is -3.38. The van der Waals surface area contributed by atoms with Crippen LogP contribution in [0.15, 0.2) is 17.1 Å². The second kappa shape index (κ2) is 10.2. The molecule has 6 N–H and O–H groups in total. The maximum Gasteiger partial charge on any atom is 0.411 e. The van der Waals surface area contributed by atoms with E-state index in [1.54, 1.807) is 13.8 Å². The molecule has 2 heterocycles. The summed E-state index contributed by atoms with van der Waals surface area (Å²) in [6.45, 7) is 2.19. The Kier molecular flexibility index (Phi) is 8.27. The van der Waals surface area contributed by atoms with E-state index in [9.17, 15) is 37.7 Å². The van der Waals surface area contributed by atoms with Gasteiger partial charge in [0.1, 0.15) is 6.10 Å². The Morgan fingerprint density at radius 3 is 2.61 bits per heavy atom. The number of nitrogens with zero attached hydrogens (tertiary/aromatic N) is 2. The quantitative estimate of drug-likeness (QED) is 0.263. The molecule has 1 saturated heterocycles. The number of aliphatic hydroxyl groups is 1. The number of rotatable bonds is 9. The number of nitrogens with one attached hydrogen (secondary N) is 2. The highest BCUT2D eigenvalue weighted by atomic mass is 31.2. The average molecular weight is 499 g/mol. The lowest BCUT2D eigenvalue weighted by molar-refractivity contribution is -0.141. The van der Waals surface area contributed by atoms with Gasteiger partial charge in [0.05, 0.1) is 12.6 Å². The van der Waals surface area contributed by atoms with Gasteiger partial charge < -0.3 is 30.5 Å². The van der Waals surface area contributed by atoms with E-state index in [1.165, 1.54) is 7.05 Å². The fraction of sp³-hybridized carbons (Fsp3) is 0.625. The van der Waals surface area contributed by atoms with Crippen molar-refractivity contribution in [2.24, 2.45) is 11.7 Å². The van der Waals surface area contributed by atoms with Crippen LogP contribution in [0.5, 0.6) is 5.88 Å². The monoisotopic (exact) mass is 499 g/mol.